The third kappa shape index (κ3) is 2.06. The summed E-state index contributed by atoms with van der Waals surface area (Å²) in [5.74, 6) is 0.994. The lowest BCUT2D eigenvalue weighted by molar-refractivity contribution is 0.0269. The summed E-state index contributed by atoms with van der Waals surface area (Å²) in [5.41, 5.74) is 5.46. The topological polar surface area (TPSA) is 30.5 Å². The standard InChI is InChI=1S/C13H19NO2/c1-4-5-11-13(14-15-3)10-7-6-9(2)8-12(10)16-11/h6-8,11,13-14H,4-5H2,1-3H3. The number of benzene rings is 1. The first kappa shape index (κ1) is 11.4. The maximum Gasteiger partial charge on any atom is 0.125 e. The van der Waals surface area contributed by atoms with Crippen molar-refractivity contribution >= 4 is 0 Å². The van der Waals surface area contributed by atoms with Gasteiger partial charge in [-0.15, -0.1) is 0 Å². The molecule has 1 N–H and O–H groups in total. The molecule has 0 radical (unpaired) electrons. The van der Waals surface area contributed by atoms with Crippen molar-refractivity contribution in [2.24, 2.45) is 0 Å². The summed E-state index contributed by atoms with van der Waals surface area (Å²) < 4.78 is 5.95. The summed E-state index contributed by atoms with van der Waals surface area (Å²) in [6.45, 7) is 4.25. The Morgan fingerprint density at radius 2 is 2.25 bits per heavy atom. The monoisotopic (exact) mass is 221 g/mol. The molecule has 1 aromatic rings. The molecule has 0 spiro atoms. The predicted molar refractivity (Wildman–Crippen MR) is 63.4 cm³/mol. The van der Waals surface area contributed by atoms with E-state index >= 15 is 0 Å². The number of hydrogen-bond donors (Lipinski definition) is 1. The largest absolute Gasteiger partial charge is 0.488 e. The second kappa shape index (κ2) is 4.85. The Hall–Kier alpha value is -1.06. The summed E-state index contributed by atoms with van der Waals surface area (Å²) >= 11 is 0. The van der Waals surface area contributed by atoms with Crippen molar-refractivity contribution in [2.45, 2.75) is 38.8 Å². The van der Waals surface area contributed by atoms with Crippen molar-refractivity contribution in [3.05, 3.63) is 29.3 Å². The molecule has 1 aliphatic rings. The first-order valence-corrected chi connectivity index (χ1v) is 5.82. The van der Waals surface area contributed by atoms with Gasteiger partial charge in [0.2, 0.25) is 0 Å². The lowest BCUT2D eigenvalue weighted by Gasteiger charge is -2.18. The number of nitrogens with one attached hydrogen (secondary N) is 1. The molecule has 0 saturated heterocycles. The maximum absolute atomic E-state index is 5.95. The molecule has 1 aliphatic heterocycles. The highest BCUT2D eigenvalue weighted by atomic mass is 16.6. The first-order valence-electron chi connectivity index (χ1n) is 5.82. The fourth-order valence-corrected chi connectivity index (χ4v) is 2.21. The van der Waals surface area contributed by atoms with Gasteiger partial charge in [-0.25, -0.2) is 0 Å². The number of aryl methyl sites for hydroxylation is 1. The van der Waals surface area contributed by atoms with E-state index in [2.05, 4.69) is 37.5 Å². The smallest absolute Gasteiger partial charge is 0.125 e. The Labute approximate surface area is 96.7 Å². The molecule has 0 aromatic heterocycles. The van der Waals surface area contributed by atoms with Crippen LogP contribution in [0.5, 0.6) is 5.75 Å². The fraction of sp³-hybridized carbons (Fsp3) is 0.538. The highest BCUT2D eigenvalue weighted by molar-refractivity contribution is 5.43. The summed E-state index contributed by atoms with van der Waals surface area (Å²) in [6, 6.07) is 6.48. The third-order valence-electron chi connectivity index (χ3n) is 2.97. The van der Waals surface area contributed by atoms with E-state index in [0.29, 0.717) is 0 Å². The SMILES string of the molecule is CCCC1Oc2cc(C)ccc2C1NOC. The molecule has 0 aliphatic carbocycles. The molecule has 0 saturated carbocycles. The van der Waals surface area contributed by atoms with Gasteiger partial charge in [-0.05, 0) is 25.0 Å². The maximum atomic E-state index is 5.95. The third-order valence-corrected chi connectivity index (χ3v) is 2.97. The summed E-state index contributed by atoms with van der Waals surface area (Å²) in [6.07, 6.45) is 2.33. The van der Waals surface area contributed by atoms with Gasteiger partial charge < -0.3 is 9.57 Å². The molecular weight excluding hydrogens is 202 g/mol. The van der Waals surface area contributed by atoms with Gasteiger partial charge in [0, 0.05) is 5.56 Å². The molecule has 0 fully saturated rings. The molecule has 0 amide bonds. The highest BCUT2D eigenvalue weighted by Crippen LogP contribution is 2.38. The van der Waals surface area contributed by atoms with Gasteiger partial charge in [-0.3, -0.25) is 0 Å². The summed E-state index contributed by atoms with van der Waals surface area (Å²) in [5, 5.41) is 0. The van der Waals surface area contributed by atoms with Crippen molar-refractivity contribution in [1.82, 2.24) is 5.48 Å². The number of ether oxygens (including phenoxy) is 1. The van der Waals surface area contributed by atoms with Crippen LogP contribution in [0.4, 0.5) is 0 Å². The van der Waals surface area contributed by atoms with Crippen LogP contribution in [0, 0.1) is 6.92 Å². The zero-order valence-electron chi connectivity index (χ0n) is 10.1. The minimum absolute atomic E-state index is 0.153. The van der Waals surface area contributed by atoms with Crippen molar-refractivity contribution in [1.29, 1.82) is 0 Å². The molecule has 1 heterocycles. The van der Waals surface area contributed by atoms with Gasteiger partial charge in [-0.2, -0.15) is 5.48 Å². The average molecular weight is 221 g/mol. The van der Waals surface area contributed by atoms with E-state index in [0.717, 1.165) is 18.6 Å². The van der Waals surface area contributed by atoms with Crippen LogP contribution >= 0.6 is 0 Å². The van der Waals surface area contributed by atoms with E-state index in [1.807, 2.05) is 0 Å². The van der Waals surface area contributed by atoms with Crippen LogP contribution < -0.4 is 10.2 Å². The van der Waals surface area contributed by atoms with Crippen LogP contribution in [-0.4, -0.2) is 13.2 Å². The van der Waals surface area contributed by atoms with E-state index in [9.17, 15) is 0 Å². The van der Waals surface area contributed by atoms with Crippen molar-refractivity contribution in [3.8, 4) is 5.75 Å². The van der Waals surface area contributed by atoms with Crippen molar-refractivity contribution < 1.29 is 9.57 Å². The molecule has 88 valence electrons. The van der Waals surface area contributed by atoms with E-state index in [4.69, 9.17) is 9.57 Å². The van der Waals surface area contributed by atoms with Crippen LogP contribution in [0.25, 0.3) is 0 Å². The highest BCUT2D eigenvalue weighted by Gasteiger charge is 2.33. The molecule has 2 rings (SSSR count). The van der Waals surface area contributed by atoms with Gasteiger partial charge in [0.1, 0.15) is 11.9 Å². The fourth-order valence-electron chi connectivity index (χ4n) is 2.21. The van der Waals surface area contributed by atoms with Crippen LogP contribution in [0.1, 0.15) is 36.9 Å². The van der Waals surface area contributed by atoms with Crippen molar-refractivity contribution in [3.63, 3.8) is 0 Å². The van der Waals surface area contributed by atoms with Crippen LogP contribution in [0.3, 0.4) is 0 Å². The van der Waals surface area contributed by atoms with Gasteiger partial charge in [0.25, 0.3) is 0 Å². The minimum atomic E-state index is 0.153. The minimum Gasteiger partial charge on any atom is -0.488 e. The van der Waals surface area contributed by atoms with Gasteiger partial charge >= 0.3 is 0 Å². The molecule has 0 bridgehead atoms. The second-order valence-electron chi connectivity index (χ2n) is 4.29. The normalized spacial score (nSPS) is 22.9. The number of fused-ring (bicyclic) bond motifs is 1. The Morgan fingerprint density at radius 3 is 2.94 bits per heavy atom. The molecule has 2 atom stereocenters. The van der Waals surface area contributed by atoms with E-state index in [1.165, 1.54) is 11.1 Å². The molecule has 1 aromatic carbocycles. The van der Waals surface area contributed by atoms with Crippen LogP contribution in [0.2, 0.25) is 0 Å². The predicted octanol–water partition coefficient (Wildman–Crippen LogP) is 2.75. The van der Waals surface area contributed by atoms with E-state index < -0.39 is 0 Å². The second-order valence-corrected chi connectivity index (χ2v) is 4.29. The molecule has 3 heteroatoms. The van der Waals surface area contributed by atoms with Crippen molar-refractivity contribution in [2.75, 3.05) is 7.11 Å². The molecular formula is C13H19NO2. The lowest BCUT2D eigenvalue weighted by atomic mass is 10.0. The molecule has 3 nitrogen and oxygen atoms in total. The zero-order valence-corrected chi connectivity index (χ0v) is 10.1. The quantitative estimate of drug-likeness (QED) is 0.793. The van der Waals surface area contributed by atoms with Gasteiger partial charge in [-0.1, -0.05) is 25.5 Å². The number of hydrogen-bond acceptors (Lipinski definition) is 3. The van der Waals surface area contributed by atoms with Gasteiger partial charge in [0.05, 0.1) is 13.2 Å². The number of hydroxylamine groups is 1. The average Bonchev–Trinajstić information content (AvgIpc) is 2.57. The molecule has 16 heavy (non-hydrogen) atoms. The Morgan fingerprint density at radius 1 is 1.44 bits per heavy atom. The first-order chi connectivity index (χ1) is 7.76. The zero-order chi connectivity index (χ0) is 11.5. The van der Waals surface area contributed by atoms with Crippen LogP contribution in [-0.2, 0) is 4.84 Å². The Kier molecular flexibility index (Phi) is 3.46. The Bertz CT molecular complexity index is 365. The lowest BCUT2D eigenvalue weighted by Crippen LogP contribution is -2.30. The van der Waals surface area contributed by atoms with Gasteiger partial charge in [0.15, 0.2) is 0 Å². The van der Waals surface area contributed by atoms with E-state index in [1.54, 1.807) is 7.11 Å². The summed E-state index contributed by atoms with van der Waals surface area (Å²) in [4.78, 5) is 5.06. The Balaban J connectivity index is 2.25. The number of rotatable bonds is 4. The van der Waals surface area contributed by atoms with Crippen LogP contribution in [0.15, 0.2) is 18.2 Å². The molecule has 2 unspecified atom stereocenters. The summed E-state index contributed by atoms with van der Waals surface area (Å²) in [7, 11) is 1.65. The van der Waals surface area contributed by atoms with E-state index in [-0.39, 0.29) is 12.1 Å².